The van der Waals surface area contributed by atoms with Gasteiger partial charge < -0.3 is 5.32 Å². The molecule has 1 aliphatic rings. The van der Waals surface area contributed by atoms with Crippen LogP contribution in [0.3, 0.4) is 0 Å². The summed E-state index contributed by atoms with van der Waals surface area (Å²) in [6, 6.07) is 7.60. The Bertz CT molecular complexity index is 978. The fourth-order valence-corrected chi connectivity index (χ4v) is 5.22. The Labute approximate surface area is 183 Å². The van der Waals surface area contributed by atoms with Gasteiger partial charge >= 0.3 is 0 Å². The highest BCUT2D eigenvalue weighted by Crippen LogP contribution is 2.30. The van der Waals surface area contributed by atoms with E-state index in [1.165, 1.54) is 35.5 Å². The zero-order valence-corrected chi connectivity index (χ0v) is 18.6. The van der Waals surface area contributed by atoms with E-state index in [9.17, 15) is 4.79 Å². The Morgan fingerprint density at radius 3 is 2.72 bits per heavy atom. The van der Waals surface area contributed by atoms with Gasteiger partial charge in [-0.2, -0.15) is 0 Å². The van der Waals surface area contributed by atoms with Crippen molar-refractivity contribution in [2.75, 3.05) is 18.4 Å². The zero-order chi connectivity index (χ0) is 20.2. The van der Waals surface area contributed by atoms with Crippen molar-refractivity contribution in [1.29, 1.82) is 0 Å². The minimum Gasteiger partial charge on any atom is -0.302 e. The minimum absolute atomic E-state index is 0.103. The standard InChI is InChI=1S/C21H23ClN4OS2/c1-14-6-8-26(9-7-14)11-16-13-29-21(24-16)25-19(27)10-15-12-28-20(23-15)17-4-2-3-5-18(17)22/h2-5,12-14H,6-11H2,1H3,(H,24,25,27). The van der Waals surface area contributed by atoms with Crippen LogP contribution in [-0.2, 0) is 17.8 Å². The maximum Gasteiger partial charge on any atom is 0.232 e. The van der Waals surface area contributed by atoms with Crippen molar-refractivity contribution in [3.05, 3.63) is 51.4 Å². The molecule has 3 heterocycles. The lowest BCUT2D eigenvalue weighted by molar-refractivity contribution is -0.115. The van der Waals surface area contributed by atoms with Gasteiger partial charge in [-0.25, -0.2) is 9.97 Å². The summed E-state index contributed by atoms with van der Waals surface area (Å²) in [4.78, 5) is 24.0. The Morgan fingerprint density at radius 1 is 1.17 bits per heavy atom. The normalized spacial score (nSPS) is 15.5. The van der Waals surface area contributed by atoms with E-state index in [1.54, 1.807) is 0 Å². The number of nitrogens with one attached hydrogen (secondary N) is 1. The summed E-state index contributed by atoms with van der Waals surface area (Å²) in [5.74, 6) is 0.717. The molecule has 8 heteroatoms. The Hall–Kier alpha value is -1.80. The molecule has 0 spiro atoms. The van der Waals surface area contributed by atoms with E-state index in [-0.39, 0.29) is 12.3 Å². The first-order valence-electron chi connectivity index (χ1n) is 9.73. The lowest BCUT2D eigenvalue weighted by Crippen LogP contribution is -2.32. The molecular formula is C21H23ClN4OS2. The van der Waals surface area contributed by atoms with Gasteiger partial charge in [0.15, 0.2) is 5.13 Å². The van der Waals surface area contributed by atoms with Gasteiger partial charge in [-0.3, -0.25) is 9.69 Å². The van der Waals surface area contributed by atoms with E-state index in [1.807, 2.05) is 35.0 Å². The Morgan fingerprint density at radius 2 is 1.93 bits per heavy atom. The molecular weight excluding hydrogens is 424 g/mol. The summed E-state index contributed by atoms with van der Waals surface area (Å²) < 4.78 is 0. The fraction of sp³-hybridized carbons (Fsp3) is 0.381. The summed E-state index contributed by atoms with van der Waals surface area (Å²) in [6.45, 7) is 5.41. The monoisotopic (exact) mass is 446 g/mol. The fourth-order valence-electron chi connectivity index (χ4n) is 3.36. The van der Waals surface area contributed by atoms with Gasteiger partial charge in [0.25, 0.3) is 0 Å². The van der Waals surface area contributed by atoms with Crippen molar-refractivity contribution in [3.8, 4) is 10.6 Å². The highest BCUT2D eigenvalue weighted by molar-refractivity contribution is 7.14. The van der Waals surface area contributed by atoms with E-state index in [4.69, 9.17) is 11.6 Å². The van der Waals surface area contributed by atoms with E-state index in [0.29, 0.717) is 10.2 Å². The number of piperidine rings is 1. The second kappa shape index (κ2) is 9.34. The average molecular weight is 447 g/mol. The first-order valence-corrected chi connectivity index (χ1v) is 11.9. The summed E-state index contributed by atoms with van der Waals surface area (Å²) in [6.07, 6.45) is 2.72. The van der Waals surface area contributed by atoms with E-state index < -0.39 is 0 Å². The maximum atomic E-state index is 12.4. The summed E-state index contributed by atoms with van der Waals surface area (Å²) in [7, 11) is 0. The van der Waals surface area contributed by atoms with Crippen LogP contribution in [0.2, 0.25) is 5.02 Å². The van der Waals surface area contributed by atoms with Crippen LogP contribution in [-0.4, -0.2) is 33.9 Å². The maximum absolute atomic E-state index is 12.4. The number of aromatic nitrogens is 2. The molecule has 0 bridgehead atoms. The van der Waals surface area contributed by atoms with Gasteiger partial charge in [-0.05, 0) is 37.9 Å². The number of amides is 1. The third kappa shape index (κ3) is 5.42. The van der Waals surface area contributed by atoms with Gasteiger partial charge in [0.2, 0.25) is 5.91 Å². The largest absolute Gasteiger partial charge is 0.302 e. The summed E-state index contributed by atoms with van der Waals surface area (Å²) in [5.41, 5.74) is 2.65. The summed E-state index contributed by atoms with van der Waals surface area (Å²) in [5, 5.41) is 8.98. The number of likely N-dealkylation sites (tertiary alicyclic amines) is 1. The summed E-state index contributed by atoms with van der Waals surface area (Å²) >= 11 is 9.21. The minimum atomic E-state index is -0.103. The number of hydrogen-bond donors (Lipinski definition) is 1. The number of halogens is 1. The number of rotatable bonds is 6. The second-order valence-electron chi connectivity index (χ2n) is 7.45. The molecule has 0 atom stereocenters. The number of thiazole rings is 2. The molecule has 1 aliphatic heterocycles. The van der Waals surface area contributed by atoms with Crippen molar-refractivity contribution in [3.63, 3.8) is 0 Å². The highest BCUT2D eigenvalue weighted by Gasteiger charge is 2.17. The van der Waals surface area contributed by atoms with Crippen molar-refractivity contribution < 1.29 is 4.79 Å². The quantitative estimate of drug-likeness (QED) is 0.555. The number of benzene rings is 1. The van der Waals surface area contributed by atoms with Crippen molar-refractivity contribution in [2.45, 2.75) is 32.7 Å². The lowest BCUT2D eigenvalue weighted by Gasteiger charge is -2.29. The van der Waals surface area contributed by atoms with E-state index in [0.717, 1.165) is 47.5 Å². The van der Waals surface area contributed by atoms with Crippen LogP contribution in [0.4, 0.5) is 5.13 Å². The smallest absolute Gasteiger partial charge is 0.232 e. The molecule has 2 aromatic heterocycles. The van der Waals surface area contributed by atoms with Gasteiger partial charge in [-0.1, -0.05) is 36.7 Å². The number of carbonyl (C=O) groups is 1. The lowest BCUT2D eigenvalue weighted by atomic mass is 9.99. The van der Waals surface area contributed by atoms with Crippen molar-refractivity contribution in [1.82, 2.24) is 14.9 Å². The van der Waals surface area contributed by atoms with Crippen LogP contribution in [0.5, 0.6) is 0 Å². The van der Waals surface area contributed by atoms with Crippen LogP contribution < -0.4 is 5.32 Å². The molecule has 0 radical (unpaired) electrons. The molecule has 0 unspecified atom stereocenters. The van der Waals surface area contributed by atoms with Gasteiger partial charge in [0.05, 0.1) is 22.8 Å². The molecule has 1 fully saturated rings. The van der Waals surface area contributed by atoms with Crippen molar-refractivity contribution >= 4 is 45.3 Å². The van der Waals surface area contributed by atoms with Crippen molar-refractivity contribution in [2.24, 2.45) is 5.92 Å². The third-order valence-corrected chi connectivity index (χ3v) is 7.12. The zero-order valence-electron chi connectivity index (χ0n) is 16.2. The molecule has 152 valence electrons. The van der Waals surface area contributed by atoms with Gasteiger partial charge in [-0.15, -0.1) is 22.7 Å². The molecule has 1 saturated heterocycles. The molecule has 29 heavy (non-hydrogen) atoms. The topological polar surface area (TPSA) is 58.1 Å². The molecule has 0 saturated carbocycles. The molecule has 4 rings (SSSR count). The average Bonchev–Trinajstić information content (AvgIpc) is 3.33. The number of anilines is 1. The molecule has 5 nitrogen and oxygen atoms in total. The SMILES string of the molecule is CC1CCN(Cc2csc(NC(=O)Cc3csc(-c4ccccc4Cl)n3)n2)CC1. The van der Waals surface area contributed by atoms with Crippen LogP contribution >= 0.6 is 34.3 Å². The van der Waals surface area contributed by atoms with Crippen LogP contribution in [0.25, 0.3) is 10.6 Å². The number of hydrogen-bond acceptors (Lipinski definition) is 6. The van der Waals surface area contributed by atoms with Crippen LogP contribution in [0, 0.1) is 5.92 Å². The van der Waals surface area contributed by atoms with Crippen LogP contribution in [0.15, 0.2) is 35.0 Å². The van der Waals surface area contributed by atoms with Gasteiger partial charge in [0.1, 0.15) is 5.01 Å². The molecule has 1 amide bonds. The third-order valence-electron chi connectivity index (χ3n) is 5.06. The first kappa shape index (κ1) is 20.5. The molecule has 1 aromatic carbocycles. The number of carbonyl (C=O) groups excluding carboxylic acids is 1. The van der Waals surface area contributed by atoms with E-state index in [2.05, 4.69) is 27.1 Å². The first-order chi connectivity index (χ1) is 14.1. The predicted molar refractivity (Wildman–Crippen MR) is 121 cm³/mol. The highest BCUT2D eigenvalue weighted by atomic mass is 35.5. The predicted octanol–water partition coefficient (Wildman–Crippen LogP) is 5.33. The number of nitrogens with zero attached hydrogens (tertiary/aromatic N) is 3. The molecule has 0 aliphatic carbocycles. The molecule has 1 N–H and O–H groups in total. The second-order valence-corrected chi connectivity index (χ2v) is 9.57. The Balaban J connectivity index is 1.31. The Kier molecular flexibility index (Phi) is 6.60. The van der Waals surface area contributed by atoms with Gasteiger partial charge in [0, 0.05) is 22.9 Å². The van der Waals surface area contributed by atoms with E-state index >= 15 is 0 Å². The molecule has 3 aromatic rings. The van der Waals surface area contributed by atoms with Crippen LogP contribution in [0.1, 0.15) is 31.2 Å².